The molecular formula is C30H31NO5. The van der Waals surface area contributed by atoms with Gasteiger partial charge in [0.25, 0.3) is 11.8 Å². The quantitative estimate of drug-likeness (QED) is 0.328. The van der Waals surface area contributed by atoms with Crippen molar-refractivity contribution < 1.29 is 23.9 Å². The van der Waals surface area contributed by atoms with Crippen LogP contribution in [0.2, 0.25) is 0 Å². The van der Waals surface area contributed by atoms with E-state index in [2.05, 4.69) is 32.9 Å². The Kier molecular flexibility index (Phi) is 6.72. The van der Waals surface area contributed by atoms with Crippen molar-refractivity contribution >= 4 is 17.8 Å². The fraction of sp³-hybridized carbons (Fsp3) is 0.300. The van der Waals surface area contributed by atoms with E-state index in [1.54, 1.807) is 42.5 Å². The third-order valence-electron chi connectivity index (χ3n) is 6.61. The fourth-order valence-electron chi connectivity index (χ4n) is 4.45. The van der Waals surface area contributed by atoms with E-state index in [0.29, 0.717) is 22.4 Å². The minimum Gasteiger partial charge on any atom is -0.496 e. The molecule has 186 valence electrons. The van der Waals surface area contributed by atoms with Crippen LogP contribution >= 0.6 is 0 Å². The minimum absolute atomic E-state index is 0.0258. The van der Waals surface area contributed by atoms with Crippen molar-refractivity contribution in [2.75, 3.05) is 7.11 Å². The molecule has 0 N–H and O–H groups in total. The molecule has 4 rings (SSSR count). The second kappa shape index (κ2) is 9.61. The Morgan fingerprint density at radius 3 is 2.00 bits per heavy atom. The third-order valence-corrected chi connectivity index (χ3v) is 6.61. The predicted molar refractivity (Wildman–Crippen MR) is 137 cm³/mol. The lowest BCUT2D eigenvalue weighted by Gasteiger charge is -2.22. The van der Waals surface area contributed by atoms with E-state index in [9.17, 15) is 14.4 Å². The standard InChI is InChI=1S/C30H31NO5/c1-18-13-21(30(3,4)5)14-19(2)25(18)17-36-29(34)24-15-20(11-12-26(24)35-6)16-31-27(32)22-9-7-8-10-23(22)28(31)33/h7-15H,16-17H2,1-6H3. The summed E-state index contributed by atoms with van der Waals surface area (Å²) in [6.45, 7) is 10.7. The molecule has 0 atom stereocenters. The van der Waals surface area contributed by atoms with E-state index in [0.717, 1.165) is 16.7 Å². The van der Waals surface area contributed by atoms with Crippen molar-refractivity contribution in [3.8, 4) is 5.75 Å². The Morgan fingerprint density at radius 2 is 1.47 bits per heavy atom. The number of amides is 2. The Morgan fingerprint density at radius 1 is 0.889 bits per heavy atom. The number of fused-ring (bicyclic) bond motifs is 1. The highest BCUT2D eigenvalue weighted by Gasteiger charge is 2.35. The second-order valence-corrected chi connectivity index (χ2v) is 10.2. The SMILES string of the molecule is COc1ccc(CN2C(=O)c3ccccc3C2=O)cc1C(=O)OCc1c(C)cc(C(C)(C)C)cc1C. The largest absolute Gasteiger partial charge is 0.496 e. The number of carbonyl (C=O) groups is 3. The summed E-state index contributed by atoms with van der Waals surface area (Å²) < 4.78 is 11.1. The average molecular weight is 486 g/mol. The van der Waals surface area contributed by atoms with Crippen molar-refractivity contribution in [1.29, 1.82) is 0 Å². The number of hydrogen-bond acceptors (Lipinski definition) is 5. The molecule has 6 heteroatoms. The Bertz CT molecular complexity index is 1310. The number of nitrogens with zero attached hydrogens (tertiary/aromatic N) is 1. The molecule has 0 saturated carbocycles. The van der Waals surface area contributed by atoms with Gasteiger partial charge in [0, 0.05) is 0 Å². The predicted octanol–water partition coefficient (Wildman–Crippen LogP) is 5.76. The molecule has 1 aliphatic rings. The van der Waals surface area contributed by atoms with Gasteiger partial charge in [0.05, 0.1) is 24.8 Å². The summed E-state index contributed by atoms with van der Waals surface area (Å²) in [6, 6.07) is 16.0. The summed E-state index contributed by atoms with van der Waals surface area (Å²) in [6.07, 6.45) is 0. The average Bonchev–Trinajstić information content (AvgIpc) is 3.07. The van der Waals surface area contributed by atoms with Crippen LogP contribution in [0, 0.1) is 13.8 Å². The molecule has 36 heavy (non-hydrogen) atoms. The Balaban J connectivity index is 1.53. The molecule has 6 nitrogen and oxygen atoms in total. The molecule has 2 amide bonds. The van der Waals surface area contributed by atoms with Gasteiger partial charge in [-0.05, 0) is 71.3 Å². The maximum atomic E-state index is 13.1. The van der Waals surface area contributed by atoms with Crippen molar-refractivity contribution in [2.24, 2.45) is 0 Å². The van der Waals surface area contributed by atoms with E-state index < -0.39 is 5.97 Å². The molecule has 0 aliphatic carbocycles. The Hall–Kier alpha value is -3.93. The summed E-state index contributed by atoms with van der Waals surface area (Å²) in [5.41, 5.74) is 6.01. The van der Waals surface area contributed by atoms with Gasteiger partial charge in [-0.3, -0.25) is 14.5 Å². The van der Waals surface area contributed by atoms with Crippen molar-refractivity contribution in [3.63, 3.8) is 0 Å². The first-order chi connectivity index (χ1) is 17.0. The molecule has 0 radical (unpaired) electrons. The highest BCUT2D eigenvalue weighted by molar-refractivity contribution is 6.21. The lowest BCUT2D eigenvalue weighted by Crippen LogP contribution is -2.29. The molecule has 0 fully saturated rings. The van der Waals surface area contributed by atoms with E-state index >= 15 is 0 Å². The van der Waals surface area contributed by atoms with Gasteiger partial charge in [0.2, 0.25) is 0 Å². The number of imide groups is 1. The van der Waals surface area contributed by atoms with Gasteiger partial charge < -0.3 is 9.47 Å². The zero-order chi connectivity index (χ0) is 26.2. The highest BCUT2D eigenvalue weighted by Crippen LogP contribution is 2.29. The topological polar surface area (TPSA) is 72.9 Å². The van der Waals surface area contributed by atoms with E-state index in [1.165, 1.54) is 17.6 Å². The van der Waals surface area contributed by atoms with Crippen LogP contribution in [0.4, 0.5) is 0 Å². The van der Waals surface area contributed by atoms with Crippen molar-refractivity contribution in [3.05, 3.63) is 99.1 Å². The van der Waals surface area contributed by atoms with Crippen LogP contribution < -0.4 is 4.74 Å². The van der Waals surface area contributed by atoms with Crippen LogP contribution in [0.25, 0.3) is 0 Å². The van der Waals surface area contributed by atoms with E-state index in [1.807, 2.05) is 13.8 Å². The normalized spacial score (nSPS) is 13.1. The van der Waals surface area contributed by atoms with Crippen LogP contribution in [-0.2, 0) is 23.3 Å². The van der Waals surface area contributed by atoms with Crippen molar-refractivity contribution in [2.45, 2.75) is 53.2 Å². The van der Waals surface area contributed by atoms with Crippen LogP contribution in [0.15, 0.2) is 54.6 Å². The summed E-state index contributed by atoms with van der Waals surface area (Å²) in [4.78, 5) is 39.8. The molecule has 3 aromatic carbocycles. The Labute approximate surface area is 211 Å². The first-order valence-electron chi connectivity index (χ1n) is 11.9. The number of aryl methyl sites for hydroxylation is 2. The molecule has 0 aromatic heterocycles. The third kappa shape index (κ3) is 4.76. The lowest BCUT2D eigenvalue weighted by molar-refractivity contribution is 0.0467. The summed E-state index contributed by atoms with van der Waals surface area (Å²) in [7, 11) is 1.48. The smallest absolute Gasteiger partial charge is 0.342 e. The zero-order valence-corrected chi connectivity index (χ0v) is 21.6. The maximum Gasteiger partial charge on any atom is 0.342 e. The first kappa shape index (κ1) is 25.2. The molecule has 0 unspecified atom stereocenters. The van der Waals surface area contributed by atoms with E-state index in [4.69, 9.17) is 9.47 Å². The van der Waals surface area contributed by atoms with Gasteiger partial charge in [0.15, 0.2) is 0 Å². The van der Waals surface area contributed by atoms with Gasteiger partial charge in [-0.15, -0.1) is 0 Å². The molecule has 3 aromatic rings. The van der Waals surface area contributed by atoms with Gasteiger partial charge in [0.1, 0.15) is 17.9 Å². The van der Waals surface area contributed by atoms with Gasteiger partial charge in [-0.1, -0.05) is 51.1 Å². The van der Waals surface area contributed by atoms with Crippen LogP contribution in [0.1, 0.15) is 79.7 Å². The number of rotatable bonds is 6. The van der Waals surface area contributed by atoms with Gasteiger partial charge >= 0.3 is 5.97 Å². The van der Waals surface area contributed by atoms with Gasteiger partial charge in [-0.2, -0.15) is 0 Å². The molecular weight excluding hydrogens is 454 g/mol. The lowest BCUT2D eigenvalue weighted by atomic mass is 9.84. The van der Waals surface area contributed by atoms with Crippen LogP contribution in [0.5, 0.6) is 5.75 Å². The summed E-state index contributed by atoms with van der Waals surface area (Å²) in [5, 5.41) is 0. The van der Waals surface area contributed by atoms with E-state index in [-0.39, 0.29) is 35.9 Å². The molecule has 0 spiro atoms. The maximum absolute atomic E-state index is 13.1. The van der Waals surface area contributed by atoms with Crippen LogP contribution in [-0.4, -0.2) is 29.8 Å². The monoisotopic (exact) mass is 485 g/mol. The first-order valence-corrected chi connectivity index (χ1v) is 11.9. The number of ether oxygens (including phenoxy) is 2. The number of methoxy groups -OCH3 is 1. The minimum atomic E-state index is -0.533. The fourth-order valence-corrected chi connectivity index (χ4v) is 4.45. The van der Waals surface area contributed by atoms with Crippen LogP contribution in [0.3, 0.4) is 0 Å². The molecule has 1 heterocycles. The second-order valence-electron chi connectivity index (χ2n) is 10.2. The number of hydrogen-bond donors (Lipinski definition) is 0. The summed E-state index contributed by atoms with van der Waals surface area (Å²) in [5.74, 6) is -0.863. The molecule has 0 bridgehead atoms. The zero-order valence-electron chi connectivity index (χ0n) is 21.6. The number of benzene rings is 3. The number of carbonyl (C=O) groups excluding carboxylic acids is 3. The molecule has 0 saturated heterocycles. The highest BCUT2D eigenvalue weighted by atomic mass is 16.5. The van der Waals surface area contributed by atoms with Gasteiger partial charge in [-0.25, -0.2) is 4.79 Å². The number of esters is 1. The molecule has 1 aliphatic heterocycles. The van der Waals surface area contributed by atoms with Crippen molar-refractivity contribution in [1.82, 2.24) is 4.90 Å². The summed E-state index contributed by atoms with van der Waals surface area (Å²) >= 11 is 0.